The number of nitrogens with zero attached hydrogens (tertiary/aromatic N) is 7. The molecule has 0 amide bonds. The van der Waals surface area contributed by atoms with Gasteiger partial charge in [0.15, 0.2) is 0 Å². The first kappa shape index (κ1) is 21.6. The van der Waals surface area contributed by atoms with Crippen molar-refractivity contribution in [2.75, 3.05) is 18.4 Å². The minimum Gasteiger partial charge on any atom is -0.372 e. The smallest absolute Gasteiger partial charge is 0.261 e. The molecule has 3 N–H and O–H groups in total. The Balaban J connectivity index is 1.17. The number of pyridine rings is 2. The summed E-state index contributed by atoms with van der Waals surface area (Å²) in [5.41, 5.74) is 6.07. The van der Waals surface area contributed by atoms with Crippen LogP contribution in [0.2, 0.25) is 0 Å². The summed E-state index contributed by atoms with van der Waals surface area (Å²) in [6, 6.07) is 1.79. The highest BCUT2D eigenvalue weighted by atomic mass is 32.1. The lowest BCUT2D eigenvalue weighted by Gasteiger charge is -2.28. The molecule has 6 aromatic rings. The van der Waals surface area contributed by atoms with Gasteiger partial charge in [-0.2, -0.15) is 10.2 Å². The van der Waals surface area contributed by atoms with Gasteiger partial charge in [-0.3, -0.25) is 19.4 Å². The van der Waals surface area contributed by atoms with Gasteiger partial charge >= 0.3 is 0 Å². The van der Waals surface area contributed by atoms with Crippen LogP contribution >= 0.6 is 22.7 Å². The molecule has 36 heavy (non-hydrogen) atoms. The van der Waals surface area contributed by atoms with Crippen molar-refractivity contribution < 1.29 is 5.11 Å². The highest BCUT2D eigenvalue weighted by Gasteiger charge is 2.21. The maximum Gasteiger partial charge on any atom is 0.261 e. The molecule has 7 rings (SSSR count). The van der Waals surface area contributed by atoms with E-state index in [1.54, 1.807) is 39.0 Å². The molecule has 0 saturated heterocycles. The molecule has 182 valence electrons. The summed E-state index contributed by atoms with van der Waals surface area (Å²) in [4.78, 5) is 30.3. The Morgan fingerprint density at radius 1 is 1.25 bits per heavy atom. The first-order valence-electron chi connectivity index (χ1n) is 11.4. The predicted molar refractivity (Wildman–Crippen MR) is 139 cm³/mol. The third kappa shape index (κ3) is 3.59. The minimum atomic E-state index is -0.788. The van der Waals surface area contributed by atoms with Gasteiger partial charge in [-0.1, -0.05) is 0 Å². The molecule has 0 fully saturated rings. The van der Waals surface area contributed by atoms with Gasteiger partial charge in [0.1, 0.15) is 27.5 Å². The van der Waals surface area contributed by atoms with Gasteiger partial charge in [-0.15, -0.1) is 22.7 Å². The fourth-order valence-electron chi connectivity index (χ4n) is 4.73. The van der Waals surface area contributed by atoms with Crippen molar-refractivity contribution in [2.45, 2.75) is 19.2 Å². The van der Waals surface area contributed by atoms with Crippen LogP contribution in [0.1, 0.15) is 10.6 Å². The Bertz CT molecular complexity index is 1810. The summed E-state index contributed by atoms with van der Waals surface area (Å²) in [6.07, 6.45) is 7.45. The highest BCUT2D eigenvalue weighted by Crippen LogP contribution is 2.33. The number of nitrogens with one attached hydrogen (secondary N) is 2. The number of β-amino-alcohol motifs (C(OH)–C–C–N with tert-alkyl or cyclic N) is 1. The molecule has 0 radical (unpaired) electrons. The van der Waals surface area contributed by atoms with Crippen molar-refractivity contribution in [1.29, 1.82) is 0 Å². The van der Waals surface area contributed by atoms with Crippen LogP contribution in [0.4, 0.5) is 5.69 Å². The van der Waals surface area contributed by atoms with Crippen LogP contribution < -0.4 is 10.9 Å². The van der Waals surface area contributed by atoms with E-state index >= 15 is 0 Å². The number of hydrogen-bond acceptors (Lipinski definition) is 10. The quantitative estimate of drug-likeness (QED) is 0.296. The Labute approximate surface area is 211 Å². The summed E-state index contributed by atoms with van der Waals surface area (Å²) in [7, 11) is 1.87. The van der Waals surface area contributed by atoms with Crippen LogP contribution in [-0.2, 0) is 20.0 Å². The van der Waals surface area contributed by atoms with Crippen molar-refractivity contribution in [3.05, 3.63) is 57.3 Å². The molecule has 6 aromatic heterocycles. The second-order valence-corrected chi connectivity index (χ2v) is 10.9. The van der Waals surface area contributed by atoms with Gasteiger partial charge < -0.3 is 15.4 Å². The SMILES string of the molecule is Cn1cc(-c2cn3nc4c5ncc(NC(O)CN6CCc7scnc7C6)cc5[nH]c(=O)c4c3s2)cn1. The van der Waals surface area contributed by atoms with Crippen LogP contribution in [-0.4, -0.2) is 63.7 Å². The monoisotopic (exact) mass is 519 g/mol. The zero-order valence-electron chi connectivity index (χ0n) is 19.2. The van der Waals surface area contributed by atoms with Gasteiger partial charge in [-0.25, -0.2) is 9.50 Å². The van der Waals surface area contributed by atoms with E-state index in [2.05, 4.69) is 35.4 Å². The highest BCUT2D eigenvalue weighted by molar-refractivity contribution is 7.21. The largest absolute Gasteiger partial charge is 0.372 e. The van der Waals surface area contributed by atoms with Crippen molar-refractivity contribution in [3.8, 4) is 10.4 Å². The average molecular weight is 520 g/mol. The second-order valence-electron chi connectivity index (χ2n) is 8.91. The molecule has 1 aliphatic heterocycles. The number of aliphatic hydroxyl groups excluding tert-OH is 1. The Hall–Kier alpha value is -3.65. The number of aromatic amines is 1. The summed E-state index contributed by atoms with van der Waals surface area (Å²) >= 11 is 3.18. The van der Waals surface area contributed by atoms with E-state index < -0.39 is 6.23 Å². The van der Waals surface area contributed by atoms with Crippen molar-refractivity contribution in [1.82, 2.24) is 39.2 Å². The second kappa shape index (κ2) is 8.20. The van der Waals surface area contributed by atoms with E-state index in [9.17, 15) is 9.90 Å². The zero-order chi connectivity index (χ0) is 24.4. The number of thiazole rings is 2. The summed E-state index contributed by atoms with van der Waals surface area (Å²) in [6.45, 7) is 2.08. The first-order valence-corrected chi connectivity index (χ1v) is 13.1. The van der Waals surface area contributed by atoms with Crippen LogP contribution in [0.3, 0.4) is 0 Å². The van der Waals surface area contributed by atoms with Gasteiger partial charge in [-0.05, 0) is 12.5 Å². The number of aryl methyl sites for hydroxylation is 1. The van der Waals surface area contributed by atoms with Gasteiger partial charge in [0, 0.05) is 49.5 Å². The average Bonchev–Trinajstić information content (AvgIpc) is 3.61. The van der Waals surface area contributed by atoms with E-state index in [4.69, 9.17) is 0 Å². The molecule has 0 bridgehead atoms. The van der Waals surface area contributed by atoms with E-state index in [0.29, 0.717) is 34.2 Å². The number of fused-ring (bicyclic) bond motifs is 6. The molecule has 0 saturated carbocycles. The van der Waals surface area contributed by atoms with E-state index in [0.717, 1.165) is 40.5 Å². The number of hydrogen-bond donors (Lipinski definition) is 3. The van der Waals surface area contributed by atoms with Crippen LogP contribution in [0.5, 0.6) is 0 Å². The van der Waals surface area contributed by atoms with Crippen LogP contribution in [0.15, 0.2) is 41.2 Å². The van der Waals surface area contributed by atoms with E-state index in [1.165, 1.54) is 16.2 Å². The van der Waals surface area contributed by atoms with E-state index in [-0.39, 0.29) is 5.56 Å². The van der Waals surface area contributed by atoms with Gasteiger partial charge in [0.05, 0.1) is 39.7 Å². The minimum absolute atomic E-state index is 0.223. The first-order chi connectivity index (χ1) is 17.5. The lowest BCUT2D eigenvalue weighted by atomic mass is 10.2. The maximum absolute atomic E-state index is 13.1. The molecule has 0 aromatic carbocycles. The van der Waals surface area contributed by atoms with E-state index in [1.807, 2.05) is 25.0 Å². The number of aromatic nitrogens is 7. The van der Waals surface area contributed by atoms with Gasteiger partial charge in [0.2, 0.25) is 0 Å². The number of aliphatic hydroxyl groups is 1. The lowest BCUT2D eigenvalue weighted by Crippen LogP contribution is -2.39. The normalized spacial score (nSPS) is 15.2. The molecule has 1 aliphatic rings. The molecule has 0 aliphatic carbocycles. The Kier molecular flexibility index (Phi) is 4.92. The van der Waals surface area contributed by atoms with Crippen LogP contribution in [0, 0.1) is 0 Å². The molecule has 13 heteroatoms. The number of H-pyrrole nitrogens is 1. The Morgan fingerprint density at radius 2 is 2.17 bits per heavy atom. The number of anilines is 1. The third-order valence-corrected chi connectivity index (χ3v) is 8.49. The molecule has 1 unspecified atom stereocenters. The number of rotatable bonds is 5. The maximum atomic E-state index is 13.1. The molecular weight excluding hydrogens is 498 g/mol. The molecule has 1 atom stereocenters. The summed E-state index contributed by atoms with van der Waals surface area (Å²) in [5, 5.41) is 23.2. The fraction of sp³-hybridized carbons (Fsp3) is 0.261. The van der Waals surface area contributed by atoms with Crippen molar-refractivity contribution >= 4 is 55.1 Å². The van der Waals surface area contributed by atoms with Gasteiger partial charge in [0.25, 0.3) is 5.56 Å². The lowest BCUT2D eigenvalue weighted by molar-refractivity contribution is 0.124. The Morgan fingerprint density at radius 3 is 3.03 bits per heavy atom. The van der Waals surface area contributed by atoms with Crippen molar-refractivity contribution in [2.24, 2.45) is 7.05 Å². The molecule has 0 spiro atoms. The van der Waals surface area contributed by atoms with Crippen LogP contribution in [0.25, 0.3) is 37.2 Å². The predicted octanol–water partition coefficient (Wildman–Crippen LogP) is 2.43. The van der Waals surface area contributed by atoms with Crippen molar-refractivity contribution in [3.63, 3.8) is 0 Å². The summed E-state index contributed by atoms with van der Waals surface area (Å²) < 4.78 is 3.47. The zero-order valence-corrected chi connectivity index (χ0v) is 20.8. The topological polar surface area (TPSA) is 129 Å². The standard InChI is InChI=1S/C23H21N9O2S2/c1-30-7-12(5-26-30)17-9-32-23(36-17)19-21(29-32)20-14(28-22(19)34)4-13(6-24-20)27-18(33)10-31-3-2-16-15(8-31)25-11-35-16/h4-7,9,11,18,27,33H,2-3,8,10H2,1H3,(H,28,34). The molecular formula is C23H21N9O2S2. The molecule has 7 heterocycles. The fourth-order valence-corrected chi connectivity index (χ4v) is 6.56. The summed E-state index contributed by atoms with van der Waals surface area (Å²) in [5.74, 6) is 0. The molecule has 11 nitrogen and oxygen atoms in total. The third-order valence-electron chi connectivity index (χ3n) is 6.41.